The lowest BCUT2D eigenvalue weighted by atomic mass is 9.81. The van der Waals surface area contributed by atoms with E-state index in [2.05, 4.69) is 12.1 Å². The van der Waals surface area contributed by atoms with Crippen molar-refractivity contribution in [2.45, 2.75) is 32.1 Å². The molecule has 1 unspecified atom stereocenters. The smallest absolute Gasteiger partial charge is 0.305 e. The summed E-state index contributed by atoms with van der Waals surface area (Å²) < 4.78 is 15.4. The second-order valence-electron chi connectivity index (χ2n) is 5.20. The summed E-state index contributed by atoms with van der Waals surface area (Å²) >= 11 is 0. The second kappa shape index (κ2) is 6.64. The van der Waals surface area contributed by atoms with Crippen molar-refractivity contribution < 1.29 is 19.0 Å². The van der Waals surface area contributed by atoms with Crippen molar-refractivity contribution in [3.8, 4) is 11.5 Å². The highest BCUT2D eigenvalue weighted by Crippen LogP contribution is 2.36. The summed E-state index contributed by atoms with van der Waals surface area (Å²) in [6.07, 6.45) is 4.53. The fourth-order valence-corrected chi connectivity index (χ4v) is 2.83. The van der Waals surface area contributed by atoms with Crippen molar-refractivity contribution in [1.82, 2.24) is 0 Å². The maximum atomic E-state index is 11.2. The molecule has 1 aromatic rings. The fourth-order valence-electron chi connectivity index (χ4n) is 2.83. The minimum Gasteiger partial charge on any atom is -0.493 e. The minimum absolute atomic E-state index is 0.122. The molecular weight excluding hydrogens is 256 g/mol. The van der Waals surface area contributed by atoms with Gasteiger partial charge in [0.2, 0.25) is 0 Å². The van der Waals surface area contributed by atoms with Crippen LogP contribution in [-0.4, -0.2) is 27.3 Å². The number of esters is 1. The van der Waals surface area contributed by atoms with Crippen LogP contribution in [0, 0.1) is 5.92 Å². The third kappa shape index (κ3) is 3.24. The molecule has 2 rings (SSSR count). The number of fused-ring (bicyclic) bond motifs is 1. The van der Waals surface area contributed by atoms with E-state index in [9.17, 15) is 4.79 Å². The molecule has 4 nitrogen and oxygen atoms in total. The standard InChI is InChI=1S/C16H22O4/c1-18-14-9-12-6-4-11(5-7-16(17)20-3)8-13(12)10-15(14)19-2/h9-11H,4-8H2,1-3H3. The molecule has 1 aliphatic carbocycles. The van der Waals surface area contributed by atoms with Crippen LogP contribution >= 0.6 is 0 Å². The van der Waals surface area contributed by atoms with Gasteiger partial charge in [-0.1, -0.05) is 0 Å². The lowest BCUT2D eigenvalue weighted by Crippen LogP contribution is -2.16. The third-order valence-electron chi connectivity index (χ3n) is 4.02. The number of ether oxygens (including phenoxy) is 3. The molecule has 0 amide bonds. The van der Waals surface area contributed by atoms with Crippen molar-refractivity contribution in [1.29, 1.82) is 0 Å². The quantitative estimate of drug-likeness (QED) is 0.777. The van der Waals surface area contributed by atoms with Crippen LogP contribution in [0.1, 0.15) is 30.4 Å². The Labute approximate surface area is 120 Å². The predicted octanol–water partition coefficient (Wildman–Crippen LogP) is 2.76. The largest absolute Gasteiger partial charge is 0.493 e. The topological polar surface area (TPSA) is 44.8 Å². The summed E-state index contributed by atoms with van der Waals surface area (Å²) in [7, 11) is 4.75. The molecule has 0 bridgehead atoms. The first-order valence-electron chi connectivity index (χ1n) is 6.98. The summed E-state index contributed by atoms with van der Waals surface area (Å²) in [5.74, 6) is 1.99. The molecule has 4 heteroatoms. The van der Waals surface area contributed by atoms with Crippen LogP contribution in [0.2, 0.25) is 0 Å². The Morgan fingerprint density at radius 1 is 1.15 bits per heavy atom. The van der Waals surface area contributed by atoms with Gasteiger partial charge in [-0.05, 0) is 54.9 Å². The summed E-state index contributed by atoms with van der Waals surface area (Å²) in [4.78, 5) is 11.2. The van der Waals surface area contributed by atoms with Crippen LogP contribution in [0.15, 0.2) is 12.1 Å². The predicted molar refractivity (Wildman–Crippen MR) is 76.3 cm³/mol. The zero-order valence-corrected chi connectivity index (χ0v) is 12.4. The van der Waals surface area contributed by atoms with Crippen LogP contribution in [0.25, 0.3) is 0 Å². The molecule has 0 radical (unpaired) electrons. The van der Waals surface area contributed by atoms with E-state index in [4.69, 9.17) is 14.2 Å². The van der Waals surface area contributed by atoms with Gasteiger partial charge in [0.25, 0.3) is 0 Å². The maximum absolute atomic E-state index is 11.2. The van der Waals surface area contributed by atoms with Gasteiger partial charge in [-0.15, -0.1) is 0 Å². The van der Waals surface area contributed by atoms with Crippen molar-refractivity contribution in [3.63, 3.8) is 0 Å². The van der Waals surface area contributed by atoms with E-state index in [1.165, 1.54) is 18.2 Å². The van der Waals surface area contributed by atoms with Crippen LogP contribution in [0.5, 0.6) is 11.5 Å². The van der Waals surface area contributed by atoms with Gasteiger partial charge < -0.3 is 14.2 Å². The zero-order valence-electron chi connectivity index (χ0n) is 12.4. The molecule has 0 aliphatic heterocycles. The number of hydrogen-bond acceptors (Lipinski definition) is 4. The first-order valence-corrected chi connectivity index (χ1v) is 6.98. The highest BCUT2D eigenvalue weighted by atomic mass is 16.5. The van der Waals surface area contributed by atoms with Gasteiger partial charge in [-0.2, -0.15) is 0 Å². The Bertz CT molecular complexity index is 482. The van der Waals surface area contributed by atoms with E-state index in [0.717, 1.165) is 37.2 Å². The van der Waals surface area contributed by atoms with Gasteiger partial charge in [0.05, 0.1) is 21.3 Å². The molecule has 110 valence electrons. The average Bonchev–Trinajstić information content (AvgIpc) is 2.50. The van der Waals surface area contributed by atoms with Gasteiger partial charge in [-0.25, -0.2) is 0 Å². The molecule has 1 atom stereocenters. The molecule has 0 fully saturated rings. The van der Waals surface area contributed by atoms with Crippen LogP contribution in [0.3, 0.4) is 0 Å². The van der Waals surface area contributed by atoms with Gasteiger partial charge in [0.15, 0.2) is 11.5 Å². The van der Waals surface area contributed by atoms with Crippen molar-refractivity contribution >= 4 is 5.97 Å². The molecule has 1 aliphatic rings. The van der Waals surface area contributed by atoms with Crippen molar-refractivity contribution in [2.75, 3.05) is 21.3 Å². The number of rotatable bonds is 5. The zero-order chi connectivity index (χ0) is 14.5. The molecule has 0 N–H and O–H groups in total. The Hall–Kier alpha value is -1.71. The summed E-state index contributed by atoms with van der Waals surface area (Å²) in [6.45, 7) is 0. The molecule has 0 heterocycles. The van der Waals surface area contributed by atoms with Crippen LogP contribution < -0.4 is 9.47 Å². The van der Waals surface area contributed by atoms with E-state index < -0.39 is 0 Å². The molecule has 20 heavy (non-hydrogen) atoms. The number of carbonyl (C=O) groups excluding carboxylic acids is 1. The van der Waals surface area contributed by atoms with E-state index in [1.54, 1.807) is 14.2 Å². The highest BCUT2D eigenvalue weighted by Gasteiger charge is 2.21. The summed E-state index contributed by atoms with van der Waals surface area (Å²) in [5.41, 5.74) is 2.64. The van der Waals surface area contributed by atoms with E-state index in [0.29, 0.717) is 12.3 Å². The second-order valence-corrected chi connectivity index (χ2v) is 5.20. The Morgan fingerprint density at radius 3 is 2.40 bits per heavy atom. The van der Waals surface area contributed by atoms with E-state index in [1.807, 2.05) is 0 Å². The molecule has 0 spiro atoms. The molecular formula is C16H22O4. The van der Waals surface area contributed by atoms with Crippen LogP contribution in [-0.2, 0) is 22.4 Å². The van der Waals surface area contributed by atoms with Gasteiger partial charge in [-0.3, -0.25) is 4.79 Å². The SMILES string of the molecule is COC(=O)CCC1CCc2cc(OC)c(OC)cc2C1. The monoisotopic (exact) mass is 278 g/mol. The molecule has 1 aromatic carbocycles. The van der Waals surface area contributed by atoms with Gasteiger partial charge in [0, 0.05) is 6.42 Å². The van der Waals surface area contributed by atoms with Gasteiger partial charge >= 0.3 is 5.97 Å². The third-order valence-corrected chi connectivity index (χ3v) is 4.02. The molecule has 0 saturated heterocycles. The lowest BCUT2D eigenvalue weighted by molar-refractivity contribution is -0.140. The van der Waals surface area contributed by atoms with Crippen molar-refractivity contribution in [3.05, 3.63) is 23.3 Å². The van der Waals surface area contributed by atoms with Gasteiger partial charge in [0.1, 0.15) is 0 Å². The summed E-state index contributed by atoms with van der Waals surface area (Å²) in [5, 5.41) is 0. The first-order chi connectivity index (χ1) is 9.67. The minimum atomic E-state index is -0.122. The Morgan fingerprint density at radius 2 is 1.80 bits per heavy atom. The Balaban J connectivity index is 2.07. The lowest BCUT2D eigenvalue weighted by Gasteiger charge is -2.25. The molecule has 0 aromatic heterocycles. The number of carbonyl (C=O) groups is 1. The fraction of sp³-hybridized carbons (Fsp3) is 0.562. The number of aryl methyl sites for hydroxylation is 1. The Kier molecular flexibility index (Phi) is 4.88. The normalized spacial score (nSPS) is 17.2. The first kappa shape index (κ1) is 14.7. The molecule has 0 saturated carbocycles. The van der Waals surface area contributed by atoms with Crippen molar-refractivity contribution in [2.24, 2.45) is 5.92 Å². The highest BCUT2D eigenvalue weighted by molar-refractivity contribution is 5.69. The van der Waals surface area contributed by atoms with Crippen LogP contribution in [0.4, 0.5) is 0 Å². The number of methoxy groups -OCH3 is 3. The number of benzene rings is 1. The maximum Gasteiger partial charge on any atom is 0.305 e. The number of hydrogen-bond donors (Lipinski definition) is 0. The summed E-state index contributed by atoms with van der Waals surface area (Å²) in [6, 6.07) is 4.14. The van der Waals surface area contributed by atoms with E-state index in [-0.39, 0.29) is 5.97 Å². The van der Waals surface area contributed by atoms with E-state index >= 15 is 0 Å². The average molecular weight is 278 g/mol.